The van der Waals surface area contributed by atoms with Crippen LogP contribution in [0.15, 0.2) is 18.5 Å². The van der Waals surface area contributed by atoms with Crippen LogP contribution in [0, 0.1) is 6.92 Å². The number of rotatable bonds is 13. The number of fused-ring (bicyclic) bond motifs is 1. The lowest BCUT2D eigenvalue weighted by molar-refractivity contribution is -0.0364. The zero-order valence-corrected chi connectivity index (χ0v) is 21.6. The zero-order chi connectivity index (χ0) is 26.0. The molecule has 196 valence electrons. The van der Waals surface area contributed by atoms with Gasteiger partial charge in [0.1, 0.15) is 12.7 Å². The molecule has 1 unspecified atom stereocenters. The van der Waals surface area contributed by atoms with E-state index in [1.165, 1.54) is 6.33 Å². The van der Waals surface area contributed by atoms with Crippen molar-refractivity contribution in [2.45, 2.75) is 66.3 Å². The third kappa shape index (κ3) is 9.81. The summed E-state index contributed by atoms with van der Waals surface area (Å²) >= 11 is 0. The normalized spacial score (nSPS) is 12.7. The van der Waals surface area contributed by atoms with Crippen molar-refractivity contribution in [1.29, 1.82) is 0 Å². The van der Waals surface area contributed by atoms with E-state index in [1.54, 1.807) is 39.1 Å². The number of carbonyl (C=O) groups excluding carboxylic acids is 2. The summed E-state index contributed by atoms with van der Waals surface area (Å²) in [5.74, 6) is 0. The van der Waals surface area contributed by atoms with Crippen molar-refractivity contribution in [2.75, 3.05) is 19.9 Å². The SMILES string of the molecule is Cc1ncnn2c(CC(C)OCP(=O)(OCOC(=O)OC(C)C)OCOC(=O)OC(C)C)ccc12. The number of nitrogens with zero attached hydrogens (tertiary/aromatic N) is 3. The fraction of sp³-hybridized carbons (Fsp3) is 0.619. The highest BCUT2D eigenvalue weighted by molar-refractivity contribution is 7.53. The van der Waals surface area contributed by atoms with E-state index in [2.05, 4.69) is 10.1 Å². The van der Waals surface area contributed by atoms with Crippen LogP contribution in [0.3, 0.4) is 0 Å². The van der Waals surface area contributed by atoms with E-state index >= 15 is 0 Å². The van der Waals surface area contributed by atoms with Crippen molar-refractivity contribution in [3.8, 4) is 0 Å². The lowest BCUT2D eigenvalue weighted by atomic mass is 10.2. The molecular formula is C21H32N3O10P. The van der Waals surface area contributed by atoms with Crippen molar-refractivity contribution in [3.05, 3.63) is 29.8 Å². The predicted molar refractivity (Wildman–Crippen MR) is 122 cm³/mol. The fourth-order valence-electron chi connectivity index (χ4n) is 2.71. The average Bonchev–Trinajstić information content (AvgIpc) is 3.15. The smallest absolute Gasteiger partial charge is 0.432 e. The molecule has 2 rings (SSSR count). The van der Waals surface area contributed by atoms with Crippen molar-refractivity contribution < 1.29 is 46.9 Å². The molecule has 1 atom stereocenters. The molecule has 0 saturated carbocycles. The van der Waals surface area contributed by atoms with Gasteiger partial charge in [-0.05, 0) is 53.7 Å². The first kappa shape index (κ1) is 28.5. The van der Waals surface area contributed by atoms with Crippen LogP contribution in [0.1, 0.15) is 46.0 Å². The Morgan fingerprint density at radius 3 is 2.09 bits per heavy atom. The van der Waals surface area contributed by atoms with Crippen LogP contribution in [-0.2, 0) is 43.7 Å². The molecule has 2 heterocycles. The van der Waals surface area contributed by atoms with Crippen molar-refractivity contribution in [2.24, 2.45) is 0 Å². The summed E-state index contributed by atoms with van der Waals surface area (Å²) < 4.78 is 50.0. The van der Waals surface area contributed by atoms with E-state index < -0.39 is 58.2 Å². The van der Waals surface area contributed by atoms with Crippen LogP contribution in [0.5, 0.6) is 0 Å². The zero-order valence-electron chi connectivity index (χ0n) is 20.7. The predicted octanol–water partition coefficient (Wildman–Crippen LogP) is 4.21. The highest BCUT2D eigenvalue weighted by Crippen LogP contribution is 2.48. The third-order valence-corrected chi connectivity index (χ3v) is 5.72. The van der Waals surface area contributed by atoms with Gasteiger partial charge in [0.15, 0.2) is 0 Å². The molecule has 2 aromatic rings. The Labute approximate surface area is 203 Å². The van der Waals surface area contributed by atoms with Gasteiger partial charge < -0.3 is 23.7 Å². The van der Waals surface area contributed by atoms with Crippen LogP contribution in [0.4, 0.5) is 9.59 Å². The standard InChI is InChI=1S/C21H32N3O10P/c1-14(2)33-20(25)28-11-31-35(27,32-12-29-21(26)34-15(3)4)13-30-16(5)9-18-7-8-19-17(6)22-10-23-24(18)19/h7-8,10,14-16H,9,11-13H2,1-6H3. The minimum Gasteiger partial charge on any atom is -0.432 e. The first-order valence-electron chi connectivity index (χ1n) is 10.9. The van der Waals surface area contributed by atoms with E-state index in [1.807, 2.05) is 19.1 Å². The van der Waals surface area contributed by atoms with Gasteiger partial charge in [-0.2, -0.15) is 5.10 Å². The van der Waals surface area contributed by atoms with Gasteiger partial charge in [0.05, 0.1) is 29.5 Å². The molecule has 0 saturated heterocycles. The van der Waals surface area contributed by atoms with Crippen LogP contribution in [0.25, 0.3) is 5.52 Å². The number of aryl methyl sites for hydroxylation is 1. The monoisotopic (exact) mass is 517 g/mol. The van der Waals surface area contributed by atoms with Crippen LogP contribution >= 0.6 is 7.60 Å². The van der Waals surface area contributed by atoms with Gasteiger partial charge in [-0.3, -0.25) is 13.6 Å². The Kier molecular flexibility index (Phi) is 10.9. The molecule has 35 heavy (non-hydrogen) atoms. The lowest BCUT2D eigenvalue weighted by Crippen LogP contribution is -2.19. The summed E-state index contributed by atoms with van der Waals surface area (Å²) in [6.45, 7) is 8.75. The van der Waals surface area contributed by atoms with Gasteiger partial charge in [0, 0.05) is 12.1 Å². The molecule has 2 aromatic heterocycles. The number of ether oxygens (including phenoxy) is 5. The Balaban J connectivity index is 1.95. The second-order valence-corrected chi connectivity index (χ2v) is 10.0. The molecule has 0 aliphatic heterocycles. The van der Waals surface area contributed by atoms with Gasteiger partial charge in [0.25, 0.3) is 0 Å². The summed E-state index contributed by atoms with van der Waals surface area (Å²) in [5.41, 5.74) is 2.55. The molecule has 0 aliphatic carbocycles. The van der Waals surface area contributed by atoms with Gasteiger partial charge in [-0.25, -0.2) is 19.1 Å². The summed E-state index contributed by atoms with van der Waals surface area (Å²) in [5, 5.41) is 4.24. The molecule has 0 aromatic carbocycles. The van der Waals surface area contributed by atoms with E-state index in [0.717, 1.165) is 16.9 Å². The first-order valence-corrected chi connectivity index (χ1v) is 12.7. The second kappa shape index (κ2) is 13.4. The van der Waals surface area contributed by atoms with E-state index in [9.17, 15) is 14.2 Å². The largest absolute Gasteiger partial charge is 0.510 e. The number of carbonyl (C=O) groups is 2. The first-order chi connectivity index (χ1) is 16.5. The maximum atomic E-state index is 13.1. The Bertz CT molecular complexity index is 994. The quantitative estimate of drug-likeness (QED) is 0.213. The molecule has 0 aliphatic rings. The number of hydrogen-bond donors (Lipinski definition) is 0. The number of hydrogen-bond acceptors (Lipinski definition) is 12. The highest BCUT2D eigenvalue weighted by atomic mass is 31.2. The van der Waals surface area contributed by atoms with E-state index in [0.29, 0.717) is 6.42 Å². The van der Waals surface area contributed by atoms with E-state index in [-0.39, 0.29) is 0 Å². The minimum atomic E-state index is -4.02. The molecule has 14 heteroatoms. The second-order valence-electron chi connectivity index (χ2n) is 8.00. The fourth-order valence-corrected chi connectivity index (χ4v) is 3.80. The Hall–Kier alpha value is -2.73. The van der Waals surface area contributed by atoms with Crippen LogP contribution < -0.4 is 0 Å². The molecule has 0 radical (unpaired) electrons. The summed E-state index contributed by atoms with van der Waals surface area (Å²) in [4.78, 5) is 27.2. The molecule has 13 nitrogen and oxygen atoms in total. The maximum Gasteiger partial charge on any atom is 0.510 e. The van der Waals surface area contributed by atoms with Gasteiger partial charge >= 0.3 is 19.9 Å². The Morgan fingerprint density at radius 1 is 0.971 bits per heavy atom. The van der Waals surface area contributed by atoms with E-state index in [4.69, 9.17) is 32.7 Å². The van der Waals surface area contributed by atoms with Crippen molar-refractivity contribution >= 4 is 25.4 Å². The average molecular weight is 517 g/mol. The summed E-state index contributed by atoms with van der Waals surface area (Å²) in [7, 11) is -4.02. The van der Waals surface area contributed by atoms with Gasteiger partial charge in [0.2, 0.25) is 13.6 Å². The lowest BCUT2D eigenvalue weighted by Gasteiger charge is -2.21. The molecule has 0 spiro atoms. The third-order valence-electron chi connectivity index (χ3n) is 4.25. The Morgan fingerprint density at radius 2 is 1.54 bits per heavy atom. The van der Waals surface area contributed by atoms with Gasteiger partial charge in [-0.1, -0.05) is 0 Å². The maximum absolute atomic E-state index is 13.1. The van der Waals surface area contributed by atoms with Crippen LogP contribution in [0.2, 0.25) is 0 Å². The van der Waals surface area contributed by atoms with Crippen LogP contribution in [-0.4, -0.2) is 65.2 Å². The summed E-state index contributed by atoms with van der Waals surface area (Å²) in [6, 6.07) is 3.79. The molecule has 0 amide bonds. The molecule has 0 bridgehead atoms. The summed E-state index contributed by atoms with van der Waals surface area (Å²) in [6.07, 6.45) is -1.87. The minimum absolute atomic E-state index is 0.408. The number of aromatic nitrogens is 3. The topological polar surface area (TPSA) is 146 Å². The van der Waals surface area contributed by atoms with Crippen molar-refractivity contribution in [3.63, 3.8) is 0 Å². The van der Waals surface area contributed by atoms with Gasteiger partial charge in [-0.15, -0.1) is 0 Å². The molecule has 0 N–H and O–H groups in total. The van der Waals surface area contributed by atoms with Crippen molar-refractivity contribution in [1.82, 2.24) is 14.6 Å². The highest BCUT2D eigenvalue weighted by Gasteiger charge is 2.29. The molecular weight excluding hydrogens is 485 g/mol. The molecule has 0 fully saturated rings.